The molecule has 56 heavy (non-hydrogen) atoms. The molecule has 0 saturated heterocycles. The van der Waals surface area contributed by atoms with E-state index in [9.17, 15) is 10.5 Å². The fraction of sp³-hybridized carbons (Fsp3) is 0.196. The average molecular weight is 722 g/mol. The van der Waals surface area contributed by atoms with Crippen molar-refractivity contribution in [1.82, 2.24) is 15.0 Å². The molecule has 4 aliphatic rings. The molecule has 4 fully saturated rings. The number of benzene rings is 6. The summed E-state index contributed by atoms with van der Waals surface area (Å²) < 4.78 is 0. The second-order valence-corrected chi connectivity index (χ2v) is 16.2. The van der Waals surface area contributed by atoms with Gasteiger partial charge in [0.1, 0.15) is 0 Å². The Balaban J connectivity index is 1.09. The van der Waals surface area contributed by atoms with E-state index in [1.807, 2.05) is 91.0 Å². The highest BCUT2D eigenvalue weighted by Crippen LogP contribution is 2.60. The zero-order valence-corrected chi connectivity index (χ0v) is 31.1. The van der Waals surface area contributed by atoms with Gasteiger partial charge >= 0.3 is 0 Å². The van der Waals surface area contributed by atoms with Gasteiger partial charge in [0.25, 0.3) is 0 Å². The third-order valence-electron chi connectivity index (χ3n) is 12.5. The van der Waals surface area contributed by atoms with Gasteiger partial charge in [0.2, 0.25) is 0 Å². The van der Waals surface area contributed by atoms with E-state index in [1.165, 1.54) is 44.1 Å². The summed E-state index contributed by atoms with van der Waals surface area (Å²) in [5.74, 6) is 4.46. The van der Waals surface area contributed by atoms with E-state index in [0.29, 0.717) is 34.0 Å². The summed E-state index contributed by atoms with van der Waals surface area (Å²) in [6.07, 6.45) is 8.36. The maximum absolute atomic E-state index is 9.53. The SMILES string of the molecule is N#Cc1ccc(-c2cccc(-c3nc(-c4ccccc4)nc(-c4cc(-c5ccc(C#N)cc5)cc(-c5ccc(C67CC8CC(CC(C8)C6)C7)cc5)c4)n3)c2)cc1. The minimum absolute atomic E-state index is 0.343. The molecule has 0 spiro atoms. The maximum Gasteiger partial charge on any atom is 0.164 e. The smallest absolute Gasteiger partial charge is 0.164 e. The fourth-order valence-corrected chi connectivity index (χ4v) is 10.2. The highest BCUT2D eigenvalue weighted by molar-refractivity contribution is 5.81. The molecule has 1 heterocycles. The Labute approximate surface area is 328 Å². The standard InChI is InChI=1S/C51H39N5/c52-31-33-9-13-38(14-10-33)42-7-4-8-43(24-42)49-54-48(41-5-2-1-3-6-41)55-50(56-49)46-26-44(39-15-11-34(32-53)12-16-39)25-45(27-46)40-17-19-47(20-18-40)51-28-35-21-36(29-51)23-37(22-35)30-51/h1-20,24-27,35-37H,21-23,28-30H2. The number of rotatable bonds is 7. The van der Waals surface area contributed by atoms with Crippen LogP contribution in [0.5, 0.6) is 0 Å². The lowest BCUT2D eigenvalue weighted by atomic mass is 9.48. The number of nitrogens with zero attached hydrogens (tertiary/aromatic N) is 5. The highest BCUT2D eigenvalue weighted by Gasteiger charge is 2.51. The molecule has 0 aliphatic heterocycles. The Morgan fingerprint density at radius 2 is 0.804 bits per heavy atom. The lowest BCUT2D eigenvalue weighted by Crippen LogP contribution is -2.48. The van der Waals surface area contributed by atoms with Gasteiger partial charge in [0, 0.05) is 16.7 Å². The topological polar surface area (TPSA) is 86.2 Å². The Morgan fingerprint density at radius 3 is 1.34 bits per heavy atom. The molecule has 5 heteroatoms. The van der Waals surface area contributed by atoms with Crippen LogP contribution in [-0.2, 0) is 5.41 Å². The largest absolute Gasteiger partial charge is 0.208 e. The summed E-state index contributed by atoms with van der Waals surface area (Å²) in [6, 6.07) is 54.2. The zero-order valence-electron chi connectivity index (χ0n) is 31.1. The van der Waals surface area contributed by atoms with Crippen molar-refractivity contribution >= 4 is 0 Å². The minimum atomic E-state index is 0.343. The first kappa shape index (κ1) is 33.8. The summed E-state index contributed by atoms with van der Waals surface area (Å²) in [5, 5.41) is 18.9. The van der Waals surface area contributed by atoms with Gasteiger partial charge in [-0.3, -0.25) is 0 Å². The summed E-state index contributed by atoms with van der Waals surface area (Å²) >= 11 is 0. The molecule has 4 aliphatic carbocycles. The third-order valence-corrected chi connectivity index (χ3v) is 12.5. The third kappa shape index (κ3) is 6.36. The second kappa shape index (κ2) is 13.9. The van der Waals surface area contributed by atoms with Gasteiger partial charge in [-0.1, -0.05) is 97.1 Å². The summed E-state index contributed by atoms with van der Waals surface area (Å²) in [6.45, 7) is 0. The molecule has 268 valence electrons. The Bertz CT molecular complexity index is 2630. The summed E-state index contributed by atoms with van der Waals surface area (Å²) in [5.41, 5.74) is 12.1. The van der Waals surface area contributed by atoms with Crippen LogP contribution >= 0.6 is 0 Å². The maximum atomic E-state index is 9.53. The monoisotopic (exact) mass is 721 g/mol. The van der Waals surface area contributed by atoms with Gasteiger partial charge in [0.15, 0.2) is 17.5 Å². The summed E-state index contributed by atoms with van der Waals surface area (Å²) in [4.78, 5) is 15.3. The average Bonchev–Trinajstić information content (AvgIpc) is 3.26. The number of nitriles is 2. The van der Waals surface area contributed by atoms with Crippen molar-refractivity contribution in [1.29, 1.82) is 10.5 Å². The molecule has 0 atom stereocenters. The normalized spacial score (nSPS) is 20.6. The van der Waals surface area contributed by atoms with Crippen molar-refractivity contribution in [2.45, 2.75) is 43.9 Å². The van der Waals surface area contributed by atoms with Crippen LogP contribution in [0.2, 0.25) is 0 Å². The number of aromatic nitrogens is 3. The van der Waals surface area contributed by atoms with Crippen molar-refractivity contribution in [2.75, 3.05) is 0 Å². The molecule has 4 bridgehead atoms. The van der Waals surface area contributed by atoms with E-state index in [1.54, 1.807) is 0 Å². The van der Waals surface area contributed by atoms with Crippen LogP contribution in [0.3, 0.4) is 0 Å². The van der Waals surface area contributed by atoms with E-state index in [2.05, 4.69) is 66.7 Å². The lowest BCUT2D eigenvalue weighted by Gasteiger charge is -2.57. The van der Waals surface area contributed by atoms with Crippen LogP contribution < -0.4 is 0 Å². The van der Waals surface area contributed by atoms with Crippen molar-refractivity contribution in [3.63, 3.8) is 0 Å². The second-order valence-electron chi connectivity index (χ2n) is 16.2. The molecule has 1 aromatic heterocycles. The van der Waals surface area contributed by atoms with Crippen LogP contribution in [0.4, 0.5) is 0 Å². The predicted molar refractivity (Wildman–Crippen MR) is 222 cm³/mol. The fourth-order valence-electron chi connectivity index (χ4n) is 10.2. The van der Waals surface area contributed by atoms with E-state index in [4.69, 9.17) is 15.0 Å². The Hall–Kier alpha value is -6.69. The highest BCUT2D eigenvalue weighted by atomic mass is 15.0. The van der Waals surface area contributed by atoms with E-state index in [-0.39, 0.29) is 0 Å². The van der Waals surface area contributed by atoms with Gasteiger partial charge < -0.3 is 0 Å². The Kier molecular flexibility index (Phi) is 8.38. The van der Waals surface area contributed by atoms with Crippen LogP contribution in [0.25, 0.3) is 67.5 Å². The molecule has 5 nitrogen and oxygen atoms in total. The molecule has 6 aromatic carbocycles. The van der Waals surface area contributed by atoms with Crippen molar-refractivity contribution in [3.8, 4) is 79.7 Å². The first-order valence-corrected chi connectivity index (χ1v) is 19.7. The van der Waals surface area contributed by atoms with Crippen LogP contribution in [-0.4, -0.2) is 15.0 Å². The van der Waals surface area contributed by atoms with E-state index in [0.717, 1.165) is 67.8 Å². The lowest BCUT2D eigenvalue weighted by molar-refractivity contribution is -0.00518. The minimum Gasteiger partial charge on any atom is -0.208 e. The first-order valence-electron chi connectivity index (χ1n) is 19.7. The Morgan fingerprint density at radius 1 is 0.393 bits per heavy atom. The van der Waals surface area contributed by atoms with E-state index < -0.39 is 0 Å². The van der Waals surface area contributed by atoms with E-state index >= 15 is 0 Å². The zero-order chi connectivity index (χ0) is 37.6. The van der Waals surface area contributed by atoms with Crippen molar-refractivity contribution in [2.24, 2.45) is 17.8 Å². The molecule has 0 amide bonds. The number of hydrogen-bond acceptors (Lipinski definition) is 5. The molecule has 7 aromatic rings. The molecule has 0 N–H and O–H groups in total. The van der Waals surface area contributed by atoms with Gasteiger partial charge in [-0.25, -0.2) is 15.0 Å². The van der Waals surface area contributed by atoms with Gasteiger partial charge in [0.05, 0.1) is 23.3 Å². The predicted octanol–water partition coefficient (Wildman–Crippen LogP) is 12.1. The molecule has 4 saturated carbocycles. The van der Waals surface area contributed by atoms with Gasteiger partial charge in [-0.2, -0.15) is 10.5 Å². The molecule has 0 unspecified atom stereocenters. The van der Waals surface area contributed by atoms with Crippen LogP contribution in [0.15, 0.2) is 146 Å². The van der Waals surface area contributed by atoms with Gasteiger partial charge in [-0.15, -0.1) is 0 Å². The molecular formula is C51H39N5. The van der Waals surface area contributed by atoms with Crippen LogP contribution in [0.1, 0.15) is 55.2 Å². The van der Waals surface area contributed by atoms with Crippen molar-refractivity contribution in [3.05, 3.63) is 162 Å². The van der Waals surface area contributed by atoms with Crippen LogP contribution in [0, 0.1) is 40.4 Å². The molecular weight excluding hydrogens is 683 g/mol. The molecule has 11 rings (SSSR count). The van der Waals surface area contributed by atoms with Gasteiger partial charge in [-0.05, 0) is 149 Å². The quantitative estimate of drug-likeness (QED) is 0.164. The molecule has 0 radical (unpaired) electrons. The first-order chi connectivity index (χ1) is 27.5. The number of hydrogen-bond donors (Lipinski definition) is 0. The van der Waals surface area contributed by atoms with Crippen molar-refractivity contribution < 1.29 is 0 Å². The summed E-state index contributed by atoms with van der Waals surface area (Å²) in [7, 11) is 0.